The Kier molecular flexibility index (Phi) is 3.43. The minimum Gasteiger partial charge on any atom is -0.376 e. The van der Waals surface area contributed by atoms with Crippen LogP contribution in [0.1, 0.15) is 0 Å². The minimum absolute atomic E-state index is 0.270. The zero-order valence-corrected chi connectivity index (χ0v) is 9.80. The summed E-state index contributed by atoms with van der Waals surface area (Å²) in [6, 6.07) is 4.60. The molecule has 15 heavy (non-hydrogen) atoms. The van der Waals surface area contributed by atoms with Crippen molar-refractivity contribution in [3.05, 3.63) is 23.2 Å². The average Bonchev–Trinajstić information content (AvgIpc) is 2.05. The van der Waals surface area contributed by atoms with Crippen LogP contribution in [0.2, 0.25) is 5.02 Å². The highest BCUT2D eigenvalue weighted by Crippen LogP contribution is 2.28. The molecule has 0 unspecified atom stereocenters. The molecule has 2 N–H and O–H groups in total. The Labute approximate surface area is 93.5 Å². The van der Waals surface area contributed by atoms with Crippen molar-refractivity contribution in [2.45, 2.75) is 0 Å². The van der Waals surface area contributed by atoms with E-state index in [1.54, 1.807) is 25.1 Å². The standard InChI is InChI=1S/C8H11ClN2O3S/c1-11(2)8-5-6(9)3-4-7(8)10-15(12,13)14/h3-5,10H,1-2H3,(H,12,13,14). The van der Waals surface area contributed by atoms with Gasteiger partial charge in [-0.25, -0.2) is 0 Å². The number of hydrogen-bond donors (Lipinski definition) is 2. The maximum atomic E-state index is 10.7. The Morgan fingerprint density at radius 1 is 1.40 bits per heavy atom. The molecule has 0 spiro atoms. The molecule has 0 fully saturated rings. The summed E-state index contributed by atoms with van der Waals surface area (Å²) in [5, 5.41) is 0.486. The fraction of sp³-hybridized carbons (Fsp3) is 0.250. The summed E-state index contributed by atoms with van der Waals surface area (Å²) in [6.45, 7) is 0. The van der Waals surface area contributed by atoms with Crippen molar-refractivity contribution in [1.82, 2.24) is 0 Å². The number of rotatable bonds is 3. The quantitative estimate of drug-likeness (QED) is 0.800. The molecule has 0 aliphatic rings. The highest BCUT2D eigenvalue weighted by molar-refractivity contribution is 7.87. The van der Waals surface area contributed by atoms with Crippen LogP contribution >= 0.6 is 11.6 Å². The second-order valence-corrected chi connectivity index (χ2v) is 4.72. The monoisotopic (exact) mass is 250 g/mol. The molecule has 0 aromatic heterocycles. The first-order valence-corrected chi connectivity index (χ1v) is 5.83. The van der Waals surface area contributed by atoms with Crippen molar-refractivity contribution in [3.8, 4) is 0 Å². The highest BCUT2D eigenvalue weighted by atomic mass is 35.5. The number of hydrogen-bond acceptors (Lipinski definition) is 3. The van der Waals surface area contributed by atoms with Crippen molar-refractivity contribution in [2.24, 2.45) is 0 Å². The summed E-state index contributed by atoms with van der Waals surface area (Å²) >= 11 is 5.77. The smallest absolute Gasteiger partial charge is 0.357 e. The van der Waals surface area contributed by atoms with Crippen molar-refractivity contribution < 1.29 is 13.0 Å². The molecule has 0 amide bonds. The molecule has 0 radical (unpaired) electrons. The van der Waals surface area contributed by atoms with Gasteiger partial charge in [0.05, 0.1) is 11.4 Å². The molecule has 0 saturated carbocycles. The Balaban J connectivity index is 3.18. The van der Waals surface area contributed by atoms with Crippen LogP contribution in [0, 0.1) is 0 Å². The van der Waals surface area contributed by atoms with Gasteiger partial charge in [0.15, 0.2) is 0 Å². The van der Waals surface area contributed by atoms with E-state index in [-0.39, 0.29) is 5.69 Å². The first-order valence-electron chi connectivity index (χ1n) is 4.02. The summed E-state index contributed by atoms with van der Waals surface area (Å²) in [5.74, 6) is 0. The summed E-state index contributed by atoms with van der Waals surface area (Å²) in [6.07, 6.45) is 0. The Bertz CT molecular complexity index is 459. The normalized spacial score (nSPS) is 11.2. The first kappa shape index (κ1) is 12.1. The van der Waals surface area contributed by atoms with Gasteiger partial charge < -0.3 is 4.90 Å². The lowest BCUT2D eigenvalue weighted by atomic mass is 10.2. The van der Waals surface area contributed by atoms with E-state index in [2.05, 4.69) is 0 Å². The number of halogens is 1. The van der Waals surface area contributed by atoms with Gasteiger partial charge in [0, 0.05) is 19.1 Å². The average molecular weight is 251 g/mol. The van der Waals surface area contributed by atoms with Gasteiger partial charge in [0.25, 0.3) is 0 Å². The highest BCUT2D eigenvalue weighted by Gasteiger charge is 2.10. The molecule has 1 rings (SSSR count). The van der Waals surface area contributed by atoms with E-state index >= 15 is 0 Å². The van der Waals surface area contributed by atoms with Crippen LogP contribution in [0.3, 0.4) is 0 Å². The first-order chi connectivity index (χ1) is 6.79. The number of nitrogens with one attached hydrogen (secondary N) is 1. The fourth-order valence-corrected chi connectivity index (χ4v) is 1.72. The van der Waals surface area contributed by atoms with Crippen molar-refractivity contribution in [3.63, 3.8) is 0 Å². The molecule has 0 aliphatic heterocycles. The van der Waals surface area contributed by atoms with Gasteiger partial charge in [-0.15, -0.1) is 0 Å². The minimum atomic E-state index is -4.27. The molecule has 1 aromatic rings. The molecule has 1 aromatic carbocycles. The fourth-order valence-electron chi connectivity index (χ4n) is 1.10. The van der Waals surface area contributed by atoms with Gasteiger partial charge in [0.1, 0.15) is 0 Å². The zero-order chi connectivity index (χ0) is 11.6. The number of nitrogens with zero attached hydrogens (tertiary/aromatic N) is 1. The van der Waals surface area contributed by atoms with Gasteiger partial charge >= 0.3 is 10.3 Å². The van der Waals surface area contributed by atoms with Crippen LogP contribution in [-0.4, -0.2) is 27.1 Å². The lowest BCUT2D eigenvalue weighted by Crippen LogP contribution is -2.16. The van der Waals surface area contributed by atoms with E-state index in [9.17, 15) is 8.42 Å². The second kappa shape index (κ2) is 4.26. The van der Waals surface area contributed by atoms with Crippen LogP contribution < -0.4 is 9.62 Å². The van der Waals surface area contributed by atoms with E-state index < -0.39 is 10.3 Å². The molecule has 7 heteroatoms. The van der Waals surface area contributed by atoms with E-state index in [1.807, 2.05) is 4.72 Å². The van der Waals surface area contributed by atoms with E-state index in [0.29, 0.717) is 10.7 Å². The van der Waals surface area contributed by atoms with Gasteiger partial charge in [-0.2, -0.15) is 8.42 Å². The Hall–Kier alpha value is -0.980. The Morgan fingerprint density at radius 2 is 2.00 bits per heavy atom. The molecule has 84 valence electrons. The summed E-state index contributed by atoms with van der Waals surface area (Å²) < 4.78 is 31.9. The zero-order valence-electron chi connectivity index (χ0n) is 8.23. The van der Waals surface area contributed by atoms with E-state index in [1.165, 1.54) is 12.1 Å². The van der Waals surface area contributed by atoms with Crippen LogP contribution in [-0.2, 0) is 10.3 Å². The topological polar surface area (TPSA) is 69.6 Å². The van der Waals surface area contributed by atoms with Crippen molar-refractivity contribution in [2.75, 3.05) is 23.7 Å². The number of benzene rings is 1. The van der Waals surface area contributed by atoms with E-state index in [4.69, 9.17) is 16.2 Å². The molecule has 0 aliphatic carbocycles. The lowest BCUT2D eigenvalue weighted by molar-refractivity contribution is 0.490. The molecule has 0 bridgehead atoms. The third kappa shape index (κ3) is 3.58. The SMILES string of the molecule is CN(C)c1cc(Cl)ccc1NS(=O)(=O)O. The molecule has 5 nitrogen and oxygen atoms in total. The predicted molar refractivity (Wildman–Crippen MR) is 61.0 cm³/mol. The van der Waals surface area contributed by atoms with Crippen LogP contribution in [0.4, 0.5) is 11.4 Å². The molecular weight excluding hydrogens is 240 g/mol. The molecule has 0 heterocycles. The summed E-state index contributed by atoms with van der Waals surface area (Å²) in [7, 11) is -0.792. The second-order valence-electron chi connectivity index (χ2n) is 3.13. The van der Waals surface area contributed by atoms with Crippen LogP contribution in [0.15, 0.2) is 18.2 Å². The Morgan fingerprint density at radius 3 is 2.47 bits per heavy atom. The van der Waals surface area contributed by atoms with Crippen molar-refractivity contribution >= 4 is 33.3 Å². The van der Waals surface area contributed by atoms with Crippen LogP contribution in [0.5, 0.6) is 0 Å². The largest absolute Gasteiger partial charge is 0.376 e. The third-order valence-electron chi connectivity index (χ3n) is 1.68. The number of anilines is 2. The maximum Gasteiger partial charge on any atom is 0.357 e. The summed E-state index contributed by atoms with van der Waals surface area (Å²) in [4.78, 5) is 1.68. The summed E-state index contributed by atoms with van der Waals surface area (Å²) in [5.41, 5.74) is 0.840. The molecule has 0 atom stereocenters. The van der Waals surface area contributed by atoms with Gasteiger partial charge in [0.2, 0.25) is 0 Å². The van der Waals surface area contributed by atoms with Crippen molar-refractivity contribution in [1.29, 1.82) is 0 Å². The van der Waals surface area contributed by atoms with E-state index in [0.717, 1.165) is 0 Å². The third-order valence-corrected chi connectivity index (χ3v) is 2.39. The van der Waals surface area contributed by atoms with Gasteiger partial charge in [-0.1, -0.05) is 11.6 Å². The predicted octanol–water partition coefficient (Wildman–Crippen LogP) is 1.62. The van der Waals surface area contributed by atoms with Gasteiger partial charge in [-0.3, -0.25) is 9.27 Å². The van der Waals surface area contributed by atoms with Crippen LogP contribution in [0.25, 0.3) is 0 Å². The molecular formula is C8H11ClN2O3S. The maximum absolute atomic E-state index is 10.7. The lowest BCUT2D eigenvalue weighted by Gasteiger charge is -2.17. The molecule has 0 saturated heterocycles. The van der Waals surface area contributed by atoms with Gasteiger partial charge in [-0.05, 0) is 18.2 Å².